The van der Waals surface area contributed by atoms with E-state index >= 15 is 0 Å². The van der Waals surface area contributed by atoms with Crippen LogP contribution in [0.2, 0.25) is 0 Å². The number of carbonyl (C=O) groups excluding carboxylic acids is 1. The maximum atomic E-state index is 12.2. The molecule has 8 heteroatoms. The molecule has 0 radical (unpaired) electrons. The van der Waals surface area contributed by atoms with Gasteiger partial charge in [0.2, 0.25) is 5.91 Å². The molecule has 0 saturated carbocycles. The van der Waals surface area contributed by atoms with Crippen molar-refractivity contribution in [3.8, 4) is 11.4 Å². The van der Waals surface area contributed by atoms with E-state index in [4.69, 9.17) is 0 Å². The van der Waals surface area contributed by atoms with Crippen LogP contribution in [0.5, 0.6) is 0 Å². The lowest BCUT2D eigenvalue weighted by Crippen LogP contribution is -2.14. The van der Waals surface area contributed by atoms with E-state index in [1.54, 1.807) is 24.2 Å². The number of nitrogens with zero attached hydrogens (tertiary/aromatic N) is 4. The second kappa shape index (κ2) is 8.17. The lowest BCUT2D eigenvalue weighted by molar-refractivity contribution is -0.113. The summed E-state index contributed by atoms with van der Waals surface area (Å²) in [5.41, 5.74) is 1.74. The maximum Gasteiger partial charge on any atom is 0.234 e. The summed E-state index contributed by atoms with van der Waals surface area (Å²) < 4.78 is 1.88. The summed E-state index contributed by atoms with van der Waals surface area (Å²) in [6, 6.07) is 11.5. The molecule has 0 spiro atoms. The smallest absolute Gasteiger partial charge is 0.234 e. The van der Waals surface area contributed by atoms with Gasteiger partial charge in [-0.05, 0) is 36.6 Å². The average molecular weight is 371 g/mol. The highest BCUT2D eigenvalue weighted by Gasteiger charge is 2.13. The summed E-state index contributed by atoms with van der Waals surface area (Å²) in [5.74, 6) is 0.945. The molecule has 25 heavy (non-hydrogen) atoms. The lowest BCUT2D eigenvalue weighted by Gasteiger charge is -2.06. The van der Waals surface area contributed by atoms with E-state index in [9.17, 15) is 4.79 Å². The molecule has 0 bridgehead atoms. The summed E-state index contributed by atoms with van der Waals surface area (Å²) in [5, 5.41) is 12.0. The Bertz CT molecular complexity index is 866. The molecule has 0 atom stereocenters. The Morgan fingerprint density at radius 1 is 1.20 bits per heavy atom. The zero-order chi connectivity index (χ0) is 17.6. The quantitative estimate of drug-likeness (QED) is 0.670. The highest BCUT2D eigenvalue weighted by molar-refractivity contribution is 7.99. The molecule has 3 rings (SSSR count). The zero-order valence-electron chi connectivity index (χ0n) is 13.8. The van der Waals surface area contributed by atoms with Gasteiger partial charge in [0, 0.05) is 35.6 Å². The normalized spacial score (nSPS) is 10.6. The number of hydrogen-bond acceptors (Lipinski definition) is 6. The molecular weight excluding hydrogens is 354 g/mol. The number of hydrogen-bond donors (Lipinski definition) is 1. The average Bonchev–Trinajstić information content (AvgIpc) is 3.01. The van der Waals surface area contributed by atoms with Crippen LogP contribution >= 0.6 is 23.5 Å². The summed E-state index contributed by atoms with van der Waals surface area (Å²) in [7, 11) is 1.89. The van der Waals surface area contributed by atoms with Crippen molar-refractivity contribution in [3.63, 3.8) is 0 Å². The molecule has 0 aliphatic rings. The van der Waals surface area contributed by atoms with Crippen molar-refractivity contribution in [3.05, 3.63) is 48.8 Å². The van der Waals surface area contributed by atoms with Crippen molar-refractivity contribution in [2.45, 2.75) is 10.1 Å². The number of benzene rings is 1. The first-order chi connectivity index (χ1) is 12.2. The summed E-state index contributed by atoms with van der Waals surface area (Å²) in [4.78, 5) is 17.3. The van der Waals surface area contributed by atoms with Crippen molar-refractivity contribution in [1.29, 1.82) is 0 Å². The van der Waals surface area contributed by atoms with Gasteiger partial charge < -0.3 is 9.88 Å². The van der Waals surface area contributed by atoms with Gasteiger partial charge in [-0.2, -0.15) is 0 Å². The number of pyridine rings is 1. The topological polar surface area (TPSA) is 72.7 Å². The highest BCUT2D eigenvalue weighted by Crippen LogP contribution is 2.23. The summed E-state index contributed by atoms with van der Waals surface area (Å²) >= 11 is 3.00. The van der Waals surface area contributed by atoms with Gasteiger partial charge in [0.25, 0.3) is 0 Å². The molecule has 0 aliphatic carbocycles. The molecule has 2 heterocycles. The number of thioether (sulfide) groups is 2. The second-order valence-corrected chi connectivity index (χ2v) is 6.99. The van der Waals surface area contributed by atoms with E-state index in [1.165, 1.54) is 11.8 Å². The van der Waals surface area contributed by atoms with Gasteiger partial charge in [-0.15, -0.1) is 22.0 Å². The SMILES string of the molecule is CSc1cccc(NC(=O)CSc2nnc(-c3ccncc3)n2C)c1. The van der Waals surface area contributed by atoms with E-state index in [2.05, 4.69) is 20.5 Å². The third kappa shape index (κ3) is 4.40. The third-order valence-corrected chi connectivity index (χ3v) is 5.20. The van der Waals surface area contributed by atoms with Crippen LogP contribution in [0.3, 0.4) is 0 Å². The highest BCUT2D eigenvalue weighted by atomic mass is 32.2. The first-order valence-electron chi connectivity index (χ1n) is 7.54. The van der Waals surface area contributed by atoms with Crippen LogP contribution in [-0.4, -0.2) is 37.7 Å². The van der Waals surface area contributed by atoms with Gasteiger partial charge in [0.05, 0.1) is 5.75 Å². The van der Waals surface area contributed by atoms with Crippen LogP contribution in [0.4, 0.5) is 5.69 Å². The van der Waals surface area contributed by atoms with E-state index in [0.29, 0.717) is 5.16 Å². The van der Waals surface area contributed by atoms with Gasteiger partial charge in [-0.1, -0.05) is 17.8 Å². The standard InChI is InChI=1S/C17H17N5OS2/c1-22-16(12-6-8-18-9-7-12)20-21-17(22)25-11-15(23)19-13-4-3-5-14(10-13)24-2/h3-10H,11H2,1-2H3,(H,19,23). The van der Waals surface area contributed by atoms with Crippen LogP contribution in [0.25, 0.3) is 11.4 Å². The zero-order valence-corrected chi connectivity index (χ0v) is 15.5. The molecule has 0 saturated heterocycles. The molecule has 1 aromatic carbocycles. The minimum Gasteiger partial charge on any atom is -0.325 e. The number of anilines is 1. The van der Waals surface area contributed by atoms with Gasteiger partial charge in [-0.3, -0.25) is 9.78 Å². The predicted molar refractivity (Wildman–Crippen MR) is 102 cm³/mol. The molecule has 128 valence electrons. The van der Waals surface area contributed by atoms with Crippen LogP contribution < -0.4 is 5.32 Å². The van der Waals surface area contributed by atoms with Gasteiger partial charge in [-0.25, -0.2) is 0 Å². The van der Waals surface area contributed by atoms with Crippen molar-refractivity contribution in [1.82, 2.24) is 19.7 Å². The number of carbonyl (C=O) groups is 1. The van der Waals surface area contributed by atoms with Gasteiger partial charge in [0.15, 0.2) is 11.0 Å². The second-order valence-electron chi connectivity index (χ2n) is 5.17. The number of rotatable bonds is 6. The van der Waals surface area contributed by atoms with E-state index in [1.807, 2.05) is 54.3 Å². The van der Waals surface area contributed by atoms with Crippen molar-refractivity contribution < 1.29 is 4.79 Å². The monoisotopic (exact) mass is 371 g/mol. The largest absolute Gasteiger partial charge is 0.325 e. The first-order valence-corrected chi connectivity index (χ1v) is 9.75. The van der Waals surface area contributed by atoms with E-state index < -0.39 is 0 Å². The van der Waals surface area contributed by atoms with Crippen molar-refractivity contribution in [2.75, 3.05) is 17.3 Å². The fourth-order valence-electron chi connectivity index (χ4n) is 2.22. The lowest BCUT2D eigenvalue weighted by atomic mass is 10.2. The number of amides is 1. The van der Waals surface area contributed by atoms with Gasteiger partial charge >= 0.3 is 0 Å². The minimum absolute atomic E-state index is 0.0725. The minimum atomic E-state index is -0.0725. The summed E-state index contributed by atoms with van der Waals surface area (Å²) in [6.45, 7) is 0. The Morgan fingerprint density at radius 2 is 2.00 bits per heavy atom. The third-order valence-electron chi connectivity index (χ3n) is 3.46. The maximum absolute atomic E-state index is 12.2. The molecule has 0 aliphatic heterocycles. The molecule has 2 aromatic heterocycles. The van der Waals surface area contributed by atoms with Crippen LogP contribution in [0.1, 0.15) is 0 Å². The Morgan fingerprint density at radius 3 is 2.76 bits per heavy atom. The first kappa shape index (κ1) is 17.5. The molecule has 1 amide bonds. The van der Waals surface area contributed by atoms with E-state index in [-0.39, 0.29) is 11.7 Å². The van der Waals surface area contributed by atoms with Crippen molar-refractivity contribution in [2.24, 2.45) is 7.05 Å². The fourth-order valence-corrected chi connectivity index (χ4v) is 3.39. The van der Waals surface area contributed by atoms with Crippen molar-refractivity contribution >= 4 is 35.1 Å². The Hall–Kier alpha value is -2.32. The molecule has 6 nitrogen and oxygen atoms in total. The molecule has 3 aromatic rings. The molecule has 0 fully saturated rings. The fraction of sp³-hybridized carbons (Fsp3) is 0.176. The van der Waals surface area contributed by atoms with Crippen LogP contribution in [0.15, 0.2) is 58.8 Å². The van der Waals surface area contributed by atoms with Crippen LogP contribution in [0, 0.1) is 0 Å². The number of aromatic nitrogens is 4. The predicted octanol–water partition coefficient (Wildman–Crippen LogP) is 3.33. The van der Waals surface area contributed by atoms with E-state index in [0.717, 1.165) is 22.0 Å². The summed E-state index contributed by atoms with van der Waals surface area (Å²) in [6.07, 6.45) is 5.44. The molecule has 0 unspecified atom stereocenters. The van der Waals surface area contributed by atoms with Crippen LogP contribution in [-0.2, 0) is 11.8 Å². The van der Waals surface area contributed by atoms with Gasteiger partial charge in [0.1, 0.15) is 0 Å². The Labute approximate surface area is 154 Å². The number of nitrogens with one attached hydrogen (secondary N) is 1. The molecule has 1 N–H and O–H groups in total. The Kier molecular flexibility index (Phi) is 5.72. The molecular formula is C17H17N5OS2. The Balaban J connectivity index is 1.62.